The summed E-state index contributed by atoms with van der Waals surface area (Å²) in [5, 5.41) is 38.7. The summed E-state index contributed by atoms with van der Waals surface area (Å²) in [5.41, 5.74) is 6.11. The summed E-state index contributed by atoms with van der Waals surface area (Å²) in [7, 11) is 0. The summed E-state index contributed by atoms with van der Waals surface area (Å²) >= 11 is 0. The number of halogens is 1. The van der Waals surface area contributed by atoms with Gasteiger partial charge in [0.2, 0.25) is 0 Å². The lowest BCUT2D eigenvalue weighted by molar-refractivity contribution is 0.0681. The third kappa shape index (κ3) is 16.4. The van der Waals surface area contributed by atoms with E-state index in [1.54, 1.807) is 52.3 Å². The van der Waals surface area contributed by atoms with Crippen molar-refractivity contribution in [1.82, 2.24) is 4.90 Å². The highest BCUT2D eigenvalue weighted by Gasteiger charge is 2.23. The van der Waals surface area contributed by atoms with Gasteiger partial charge < -0.3 is 30.2 Å². The van der Waals surface area contributed by atoms with Crippen LogP contribution in [-0.2, 0) is 13.0 Å². The summed E-state index contributed by atoms with van der Waals surface area (Å²) in [6, 6.07) is 37.2. The number of anilines is 1. The van der Waals surface area contributed by atoms with Crippen LogP contribution in [0.1, 0.15) is 166 Å². The third-order valence-corrected chi connectivity index (χ3v) is 13.1. The van der Waals surface area contributed by atoms with E-state index in [9.17, 15) is 44.0 Å². The first-order valence-electron chi connectivity index (χ1n) is 25.6. The van der Waals surface area contributed by atoms with Gasteiger partial charge in [0.1, 0.15) is 28.4 Å². The van der Waals surface area contributed by atoms with E-state index in [1.165, 1.54) is 86.6 Å². The second-order valence-corrected chi connectivity index (χ2v) is 18.6. The number of aryl methyl sites for hydroxylation is 1. The maximum absolute atomic E-state index is 13.5. The zero-order valence-corrected chi connectivity index (χ0v) is 42.3. The van der Waals surface area contributed by atoms with E-state index in [0.29, 0.717) is 47.9 Å². The summed E-state index contributed by atoms with van der Waals surface area (Å²) in [5.74, 6) is 9.16. The highest BCUT2D eigenvalue weighted by atomic mass is 19.1. The van der Waals surface area contributed by atoms with Gasteiger partial charge in [-0.3, -0.25) is 9.59 Å². The minimum atomic E-state index is -1.27. The van der Waals surface area contributed by atoms with Crippen LogP contribution in [0.25, 0.3) is 0 Å². The van der Waals surface area contributed by atoms with Crippen LogP contribution in [-0.4, -0.2) is 62.2 Å². The first-order chi connectivity index (χ1) is 35.8. The zero-order chi connectivity index (χ0) is 52.8. The van der Waals surface area contributed by atoms with Gasteiger partial charge >= 0.3 is 11.9 Å². The number of amides is 2. The molecule has 382 valence electrons. The molecule has 0 aliphatic heterocycles. The number of aromatic hydroxyl groups is 2. The topological polar surface area (TPSA) is 156 Å². The van der Waals surface area contributed by atoms with Gasteiger partial charge in [0.05, 0.1) is 0 Å². The van der Waals surface area contributed by atoms with Crippen molar-refractivity contribution in [3.63, 3.8) is 0 Å². The van der Waals surface area contributed by atoms with Gasteiger partial charge in [0, 0.05) is 64.8 Å². The molecule has 0 saturated heterocycles. The maximum atomic E-state index is 13.5. The van der Waals surface area contributed by atoms with Crippen molar-refractivity contribution < 1.29 is 44.0 Å². The molecule has 7 rings (SSSR count). The number of carboxylic acid groups (broad SMARTS) is 2. The predicted molar refractivity (Wildman–Crippen MR) is 288 cm³/mol. The van der Waals surface area contributed by atoms with Crippen molar-refractivity contribution in [2.45, 2.75) is 104 Å². The van der Waals surface area contributed by atoms with Gasteiger partial charge in [-0.1, -0.05) is 119 Å². The molecule has 0 atom stereocenters. The van der Waals surface area contributed by atoms with Crippen molar-refractivity contribution in [3.05, 3.63) is 195 Å². The number of carbonyl (C=O) groups is 4. The van der Waals surface area contributed by atoms with Gasteiger partial charge in [0.25, 0.3) is 11.8 Å². The predicted octanol–water partition coefficient (Wildman–Crippen LogP) is 13.3. The normalized spacial score (nSPS) is 11.8. The van der Waals surface area contributed by atoms with Crippen LogP contribution < -0.4 is 4.90 Å². The Morgan fingerprint density at radius 3 is 1.82 bits per heavy atom. The molecule has 2 amide bonds. The van der Waals surface area contributed by atoms with Crippen LogP contribution in [0, 0.1) is 35.4 Å². The Bertz CT molecular complexity index is 2980. The lowest BCUT2D eigenvalue weighted by atomic mass is 10.0. The Balaban J connectivity index is 0.000000241. The molecule has 6 aromatic carbocycles. The molecule has 0 unspecified atom stereocenters. The Morgan fingerprint density at radius 2 is 1.19 bits per heavy atom. The number of unbranched alkanes of at least 4 members (excludes halogenated alkanes) is 4. The van der Waals surface area contributed by atoms with E-state index in [1.807, 2.05) is 24.3 Å². The molecule has 10 nitrogen and oxygen atoms in total. The van der Waals surface area contributed by atoms with E-state index in [4.69, 9.17) is 0 Å². The van der Waals surface area contributed by atoms with E-state index in [0.717, 1.165) is 61.6 Å². The fourth-order valence-corrected chi connectivity index (χ4v) is 8.85. The molecule has 1 aliphatic carbocycles. The van der Waals surface area contributed by atoms with Crippen molar-refractivity contribution in [2.75, 3.05) is 18.0 Å². The second-order valence-electron chi connectivity index (χ2n) is 18.6. The SMILES string of the molecule is CCCCCCN(Cc1ccccc1C#Cc1ccc(CCCC)cc1)C(=O)c1ccc(O)c(C(=O)O)c1.O=C(O)c1ccc(N(CCCC2CCCC2)C(=O)c2ccc(C#Cc3ccc(F)cc3)cc2)cc1O. The van der Waals surface area contributed by atoms with Crippen LogP contribution in [0.5, 0.6) is 11.5 Å². The first-order valence-corrected chi connectivity index (χ1v) is 25.6. The molecule has 4 N–H and O–H groups in total. The van der Waals surface area contributed by atoms with Crippen LogP contribution in [0.15, 0.2) is 133 Å². The third-order valence-electron chi connectivity index (χ3n) is 13.1. The lowest BCUT2D eigenvalue weighted by Gasteiger charge is -2.24. The number of aromatic carboxylic acids is 2. The number of carboxylic acids is 2. The minimum absolute atomic E-state index is 0.207. The highest BCUT2D eigenvalue weighted by Crippen LogP contribution is 2.31. The van der Waals surface area contributed by atoms with Gasteiger partial charge in [0.15, 0.2) is 0 Å². The average molecular weight is 997 g/mol. The number of nitrogens with zero attached hydrogens (tertiary/aromatic N) is 2. The molecular weight excluding hydrogens is 932 g/mol. The Kier molecular flexibility index (Phi) is 21.0. The van der Waals surface area contributed by atoms with E-state index in [-0.39, 0.29) is 45.8 Å². The van der Waals surface area contributed by atoms with Crippen LogP contribution >= 0.6 is 0 Å². The smallest absolute Gasteiger partial charge is 0.339 e. The molecule has 0 spiro atoms. The van der Waals surface area contributed by atoms with E-state index < -0.39 is 11.9 Å². The standard InChI is InChI=1S/C33H37NO4.C30H28FNO4/c1-3-5-7-10-22-34(32(36)28-20-21-31(35)30(23-28)33(37)38)24-29-13-9-8-12-27(29)19-18-26-16-14-25(15-17-26)11-6-4-2;31-25-15-11-23(12-16-25)8-7-22-9-13-24(14-10-22)29(34)32(19-3-6-21-4-1-2-5-21)26-17-18-27(30(35)36)28(33)20-26/h8-9,12-17,20-21,23,35H,3-7,10-11,22,24H2,1-2H3,(H,37,38);9-18,20-21,33H,1-6,19H2,(H,35,36). The van der Waals surface area contributed by atoms with Crippen molar-refractivity contribution in [2.24, 2.45) is 5.92 Å². The first kappa shape index (κ1) is 55.2. The summed E-state index contributed by atoms with van der Waals surface area (Å²) in [6.45, 7) is 5.70. The van der Waals surface area contributed by atoms with Crippen molar-refractivity contribution >= 4 is 29.4 Å². The molecule has 0 heterocycles. The largest absolute Gasteiger partial charge is 0.507 e. The van der Waals surface area contributed by atoms with Crippen molar-refractivity contribution in [3.8, 4) is 35.2 Å². The number of rotatable bonds is 19. The van der Waals surface area contributed by atoms with Crippen LogP contribution in [0.3, 0.4) is 0 Å². The van der Waals surface area contributed by atoms with Gasteiger partial charge in [-0.05, 0) is 146 Å². The summed E-state index contributed by atoms with van der Waals surface area (Å²) < 4.78 is 13.1. The van der Waals surface area contributed by atoms with Crippen molar-refractivity contribution in [1.29, 1.82) is 0 Å². The number of hydrogen-bond acceptors (Lipinski definition) is 6. The molecule has 1 fully saturated rings. The zero-order valence-electron chi connectivity index (χ0n) is 42.3. The van der Waals surface area contributed by atoms with E-state index in [2.05, 4.69) is 61.8 Å². The number of hydrogen-bond donors (Lipinski definition) is 4. The molecule has 0 aromatic heterocycles. The quantitative estimate of drug-likeness (QED) is 0.0462. The summed E-state index contributed by atoms with van der Waals surface area (Å²) in [6.07, 6.45) is 14.3. The monoisotopic (exact) mass is 996 g/mol. The lowest BCUT2D eigenvalue weighted by Crippen LogP contribution is -2.32. The van der Waals surface area contributed by atoms with Gasteiger partial charge in [-0.15, -0.1) is 0 Å². The van der Waals surface area contributed by atoms with Gasteiger partial charge in [-0.25, -0.2) is 14.0 Å². The summed E-state index contributed by atoms with van der Waals surface area (Å²) in [4.78, 5) is 53.1. The molecule has 1 saturated carbocycles. The Hall–Kier alpha value is -8.15. The number of benzene rings is 6. The fourth-order valence-electron chi connectivity index (χ4n) is 8.85. The van der Waals surface area contributed by atoms with Crippen LogP contribution in [0.4, 0.5) is 10.1 Å². The molecule has 1 aliphatic rings. The molecule has 0 radical (unpaired) electrons. The number of phenols is 2. The molecule has 11 heteroatoms. The molecule has 74 heavy (non-hydrogen) atoms. The number of carbonyl (C=O) groups excluding carboxylic acids is 2. The molecular formula is C63H65FN2O8. The molecule has 0 bridgehead atoms. The highest BCUT2D eigenvalue weighted by molar-refractivity contribution is 6.06. The van der Waals surface area contributed by atoms with Crippen LogP contribution in [0.2, 0.25) is 0 Å². The second kappa shape index (κ2) is 28.2. The molecule has 6 aromatic rings. The Morgan fingerprint density at radius 1 is 0.581 bits per heavy atom. The minimum Gasteiger partial charge on any atom is -0.507 e. The maximum Gasteiger partial charge on any atom is 0.339 e. The fraction of sp³-hybridized carbons (Fsp3) is 0.302. The van der Waals surface area contributed by atoms with E-state index >= 15 is 0 Å². The average Bonchev–Trinajstić information content (AvgIpc) is 3.93. The van der Waals surface area contributed by atoms with Gasteiger partial charge in [-0.2, -0.15) is 0 Å². The Labute approximate surface area is 434 Å².